The van der Waals surface area contributed by atoms with Crippen LogP contribution in [0.2, 0.25) is 5.02 Å². The van der Waals surface area contributed by atoms with Crippen LogP contribution >= 0.6 is 11.6 Å². The van der Waals surface area contributed by atoms with Gasteiger partial charge in [-0.15, -0.1) is 0 Å². The highest BCUT2D eigenvalue weighted by Gasteiger charge is 2.06. The Balaban J connectivity index is 2.24. The minimum atomic E-state index is 0.677. The second-order valence-corrected chi connectivity index (χ2v) is 4.96. The highest BCUT2D eigenvalue weighted by atomic mass is 35.5. The van der Waals surface area contributed by atoms with Crippen molar-refractivity contribution in [1.82, 2.24) is 0 Å². The number of aryl methyl sites for hydroxylation is 1. The number of rotatable bonds is 4. The van der Waals surface area contributed by atoms with E-state index < -0.39 is 0 Å². The number of ether oxygens (including phenoxy) is 1. The zero-order chi connectivity index (χ0) is 14.5. The van der Waals surface area contributed by atoms with E-state index in [1.54, 1.807) is 7.11 Å². The van der Waals surface area contributed by atoms with Crippen LogP contribution < -0.4 is 10.2 Å². The predicted octanol–water partition coefficient (Wildman–Crippen LogP) is 4.49. The highest BCUT2D eigenvalue weighted by molar-refractivity contribution is 6.30. The molecule has 0 aliphatic rings. The molecule has 20 heavy (non-hydrogen) atoms. The molecule has 0 fully saturated rings. The van der Waals surface area contributed by atoms with E-state index >= 15 is 0 Å². The van der Waals surface area contributed by atoms with Crippen LogP contribution in [0.1, 0.15) is 18.1 Å². The molecule has 0 bridgehead atoms. The third kappa shape index (κ3) is 3.52. The second kappa shape index (κ2) is 6.44. The quantitative estimate of drug-likeness (QED) is 0.664. The molecule has 0 aliphatic carbocycles. The van der Waals surface area contributed by atoms with E-state index in [4.69, 9.17) is 16.3 Å². The van der Waals surface area contributed by atoms with Crippen LogP contribution in [0.15, 0.2) is 47.6 Å². The molecule has 4 heteroatoms. The number of benzene rings is 2. The molecular weight excluding hydrogens is 272 g/mol. The van der Waals surface area contributed by atoms with Gasteiger partial charge in [-0.3, -0.25) is 5.43 Å². The van der Waals surface area contributed by atoms with Crippen molar-refractivity contribution < 1.29 is 4.74 Å². The lowest BCUT2D eigenvalue weighted by Gasteiger charge is -2.09. The van der Waals surface area contributed by atoms with Crippen molar-refractivity contribution in [3.63, 3.8) is 0 Å². The van der Waals surface area contributed by atoms with Gasteiger partial charge < -0.3 is 4.74 Å². The van der Waals surface area contributed by atoms with Crippen molar-refractivity contribution in [2.75, 3.05) is 12.5 Å². The Labute approximate surface area is 124 Å². The molecule has 0 aromatic heterocycles. The lowest BCUT2D eigenvalue weighted by Crippen LogP contribution is -2.03. The van der Waals surface area contributed by atoms with Gasteiger partial charge in [0.05, 0.1) is 18.5 Å². The fourth-order valence-electron chi connectivity index (χ4n) is 1.87. The largest absolute Gasteiger partial charge is 0.496 e. The van der Waals surface area contributed by atoms with Crippen LogP contribution in [0, 0.1) is 6.92 Å². The first-order valence-corrected chi connectivity index (χ1v) is 6.69. The van der Waals surface area contributed by atoms with Gasteiger partial charge in [0, 0.05) is 10.6 Å². The first-order chi connectivity index (χ1) is 9.60. The van der Waals surface area contributed by atoms with Gasteiger partial charge in [0.2, 0.25) is 0 Å². The third-order valence-electron chi connectivity index (χ3n) is 2.92. The SMILES string of the molecule is COc1ccc(C)cc1/C(C)=N\Nc1cccc(Cl)c1. The maximum Gasteiger partial charge on any atom is 0.127 e. The summed E-state index contributed by atoms with van der Waals surface area (Å²) in [6.45, 7) is 3.98. The molecule has 104 valence electrons. The van der Waals surface area contributed by atoms with E-state index in [2.05, 4.69) is 16.6 Å². The summed E-state index contributed by atoms with van der Waals surface area (Å²) in [5, 5.41) is 5.06. The minimum Gasteiger partial charge on any atom is -0.496 e. The Kier molecular flexibility index (Phi) is 4.64. The van der Waals surface area contributed by atoms with Gasteiger partial charge >= 0.3 is 0 Å². The molecule has 3 nitrogen and oxygen atoms in total. The highest BCUT2D eigenvalue weighted by Crippen LogP contribution is 2.21. The lowest BCUT2D eigenvalue weighted by atomic mass is 10.1. The maximum atomic E-state index is 5.94. The van der Waals surface area contributed by atoms with E-state index in [1.165, 1.54) is 0 Å². The van der Waals surface area contributed by atoms with Gasteiger partial charge in [0.15, 0.2) is 0 Å². The zero-order valence-corrected chi connectivity index (χ0v) is 12.5. The van der Waals surface area contributed by atoms with E-state index in [0.717, 1.165) is 28.3 Å². The van der Waals surface area contributed by atoms with Gasteiger partial charge in [-0.2, -0.15) is 5.10 Å². The number of hydrogen-bond acceptors (Lipinski definition) is 3. The first kappa shape index (κ1) is 14.4. The number of nitrogens with one attached hydrogen (secondary N) is 1. The average Bonchev–Trinajstić information content (AvgIpc) is 2.45. The van der Waals surface area contributed by atoms with E-state index in [0.29, 0.717) is 5.02 Å². The van der Waals surface area contributed by atoms with E-state index in [1.807, 2.05) is 50.2 Å². The Morgan fingerprint density at radius 1 is 1.20 bits per heavy atom. The molecule has 0 saturated carbocycles. The smallest absolute Gasteiger partial charge is 0.127 e. The van der Waals surface area contributed by atoms with Gasteiger partial charge in [-0.25, -0.2) is 0 Å². The summed E-state index contributed by atoms with van der Waals surface area (Å²) in [6, 6.07) is 13.5. The summed E-state index contributed by atoms with van der Waals surface area (Å²) in [5.74, 6) is 0.810. The van der Waals surface area contributed by atoms with Crippen LogP contribution in [-0.4, -0.2) is 12.8 Å². The van der Waals surface area contributed by atoms with Crippen molar-refractivity contribution in [2.45, 2.75) is 13.8 Å². The van der Waals surface area contributed by atoms with Gasteiger partial charge in [-0.1, -0.05) is 29.3 Å². The van der Waals surface area contributed by atoms with Crippen molar-refractivity contribution in [2.24, 2.45) is 5.10 Å². The van der Waals surface area contributed by atoms with Crippen LogP contribution in [-0.2, 0) is 0 Å². The maximum absolute atomic E-state index is 5.94. The normalized spacial score (nSPS) is 11.3. The fraction of sp³-hybridized carbons (Fsp3) is 0.188. The van der Waals surface area contributed by atoms with Crippen LogP contribution in [0.25, 0.3) is 0 Å². The molecule has 0 saturated heterocycles. The molecular formula is C16H17ClN2O. The molecule has 2 rings (SSSR count). The Morgan fingerprint density at radius 2 is 2.00 bits per heavy atom. The molecule has 2 aromatic rings. The number of halogens is 1. The molecule has 0 unspecified atom stereocenters. The third-order valence-corrected chi connectivity index (χ3v) is 3.16. The molecule has 0 heterocycles. The van der Waals surface area contributed by atoms with Gasteiger partial charge in [0.25, 0.3) is 0 Å². The summed E-state index contributed by atoms with van der Waals surface area (Å²) in [5.41, 5.74) is 6.84. The standard InChI is InChI=1S/C16H17ClN2O/c1-11-7-8-16(20-3)15(9-11)12(2)18-19-14-6-4-5-13(17)10-14/h4-10,19H,1-3H3/b18-12-. The number of nitrogens with zero attached hydrogens (tertiary/aromatic N) is 1. The van der Waals surface area contributed by atoms with Crippen molar-refractivity contribution in [3.8, 4) is 5.75 Å². The topological polar surface area (TPSA) is 33.6 Å². The summed E-state index contributed by atoms with van der Waals surface area (Å²) in [7, 11) is 1.66. The molecule has 0 atom stereocenters. The van der Waals surface area contributed by atoms with E-state index in [9.17, 15) is 0 Å². The number of anilines is 1. The van der Waals surface area contributed by atoms with Crippen LogP contribution in [0.4, 0.5) is 5.69 Å². The average molecular weight is 289 g/mol. The summed E-state index contributed by atoms with van der Waals surface area (Å²) in [6.07, 6.45) is 0. The number of hydrogen-bond donors (Lipinski definition) is 1. The van der Waals surface area contributed by atoms with E-state index in [-0.39, 0.29) is 0 Å². The molecule has 0 radical (unpaired) electrons. The van der Waals surface area contributed by atoms with Crippen LogP contribution in [0.5, 0.6) is 5.75 Å². The molecule has 0 amide bonds. The summed E-state index contributed by atoms with van der Waals surface area (Å²) < 4.78 is 5.36. The summed E-state index contributed by atoms with van der Waals surface area (Å²) in [4.78, 5) is 0. The molecule has 2 aromatic carbocycles. The molecule has 0 aliphatic heterocycles. The van der Waals surface area contributed by atoms with Crippen molar-refractivity contribution >= 4 is 23.0 Å². The minimum absolute atomic E-state index is 0.677. The first-order valence-electron chi connectivity index (χ1n) is 6.31. The zero-order valence-electron chi connectivity index (χ0n) is 11.8. The number of methoxy groups -OCH3 is 1. The Morgan fingerprint density at radius 3 is 2.70 bits per heavy atom. The molecule has 1 N–H and O–H groups in total. The van der Waals surface area contributed by atoms with Gasteiger partial charge in [-0.05, 0) is 44.2 Å². The lowest BCUT2D eigenvalue weighted by molar-refractivity contribution is 0.414. The van der Waals surface area contributed by atoms with Crippen molar-refractivity contribution in [1.29, 1.82) is 0 Å². The summed E-state index contributed by atoms with van der Waals surface area (Å²) >= 11 is 5.94. The molecule has 0 spiro atoms. The second-order valence-electron chi connectivity index (χ2n) is 4.52. The predicted molar refractivity (Wildman–Crippen MR) is 85.0 cm³/mol. The number of hydrazone groups is 1. The Bertz CT molecular complexity index is 638. The van der Waals surface area contributed by atoms with Gasteiger partial charge in [0.1, 0.15) is 5.75 Å². The fourth-order valence-corrected chi connectivity index (χ4v) is 2.06. The Hall–Kier alpha value is -2.00. The van der Waals surface area contributed by atoms with Crippen LogP contribution in [0.3, 0.4) is 0 Å². The monoisotopic (exact) mass is 288 g/mol. The van der Waals surface area contributed by atoms with Crippen molar-refractivity contribution in [3.05, 3.63) is 58.6 Å².